The van der Waals surface area contributed by atoms with Crippen LogP contribution in [0.2, 0.25) is 0 Å². The number of rotatable bonds is 7. The van der Waals surface area contributed by atoms with E-state index in [0.717, 1.165) is 11.8 Å². The van der Waals surface area contributed by atoms with E-state index in [1.807, 2.05) is 38.1 Å². The molecule has 21 heavy (non-hydrogen) atoms. The van der Waals surface area contributed by atoms with Gasteiger partial charge in [-0.2, -0.15) is 4.31 Å². The minimum atomic E-state index is -3.41. The van der Waals surface area contributed by atoms with Crippen LogP contribution in [0.5, 0.6) is 0 Å². The van der Waals surface area contributed by atoms with Crippen LogP contribution in [0.3, 0.4) is 0 Å². The molecule has 0 heterocycles. The SMILES string of the molecule is Cc1ccc(NC(=O)CN(CCN(C)C)S(C)(=O)=O)cc1. The topological polar surface area (TPSA) is 69.7 Å². The summed E-state index contributed by atoms with van der Waals surface area (Å²) in [6.07, 6.45) is 1.11. The zero-order valence-electron chi connectivity index (χ0n) is 13.0. The molecular weight excluding hydrogens is 290 g/mol. The van der Waals surface area contributed by atoms with Crippen LogP contribution in [0.1, 0.15) is 5.56 Å². The predicted octanol–water partition coefficient (Wildman–Crippen LogP) is 0.757. The molecule has 1 N–H and O–H groups in total. The van der Waals surface area contributed by atoms with E-state index in [1.165, 1.54) is 4.31 Å². The standard InChI is InChI=1S/C14H23N3O3S/c1-12-5-7-13(8-6-12)15-14(18)11-17(21(4,19)20)10-9-16(2)3/h5-8H,9-11H2,1-4H3,(H,15,18). The smallest absolute Gasteiger partial charge is 0.239 e. The second-order valence-electron chi connectivity index (χ2n) is 5.31. The molecule has 0 aliphatic carbocycles. The molecule has 0 saturated carbocycles. The molecule has 1 rings (SSSR count). The van der Waals surface area contributed by atoms with Gasteiger partial charge in [0.1, 0.15) is 0 Å². The van der Waals surface area contributed by atoms with E-state index >= 15 is 0 Å². The maximum Gasteiger partial charge on any atom is 0.239 e. The van der Waals surface area contributed by atoms with E-state index in [0.29, 0.717) is 12.2 Å². The van der Waals surface area contributed by atoms with Crippen molar-refractivity contribution in [2.45, 2.75) is 6.92 Å². The summed E-state index contributed by atoms with van der Waals surface area (Å²) in [5, 5.41) is 2.70. The van der Waals surface area contributed by atoms with Crippen molar-refractivity contribution in [3.63, 3.8) is 0 Å². The van der Waals surface area contributed by atoms with Crippen molar-refractivity contribution in [1.29, 1.82) is 0 Å². The van der Waals surface area contributed by atoms with Crippen molar-refractivity contribution in [2.24, 2.45) is 0 Å². The van der Waals surface area contributed by atoms with E-state index in [4.69, 9.17) is 0 Å². The lowest BCUT2D eigenvalue weighted by Gasteiger charge is -2.21. The van der Waals surface area contributed by atoms with Crippen molar-refractivity contribution < 1.29 is 13.2 Å². The number of nitrogens with one attached hydrogen (secondary N) is 1. The van der Waals surface area contributed by atoms with E-state index in [1.54, 1.807) is 12.1 Å². The molecule has 0 aromatic heterocycles. The summed E-state index contributed by atoms with van der Waals surface area (Å²) >= 11 is 0. The highest BCUT2D eigenvalue weighted by atomic mass is 32.2. The molecular formula is C14H23N3O3S. The Hall–Kier alpha value is -1.44. The molecule has 0 bridgehead atoms. The molecule has 1 aromatic rings. The molecule has 1 aromatic carbocycles. The van der Waals surface area contributed by atoms with Gasteiger partial charge in [-0.05, 0) is 33.2 Å². The normalized spacial score (nSPS) is 11.9. The Bertz CT molecular complexity index is 568. The van der Waals surface area contributed by atoms with Crippen LogP contribution in [0, 0.1) is 6.92 Å². The Balaban J connectivity index is 2.65. The Morgan fingerprint density at radius 3 is 2.19 bits per heavy atom. The molecule has 1 amide bonds. The van der Waals surface area contributed by atoms with Gasteiger partial charge in [-0.1, -0.05) is 17.7 Å². The molecule has 0 spiro atoms. The van der Waals surface area contributed by atoms with E-state index in [2.05, 4.69) is 5.32 Å². The van der Waals surface area contributed by atoms with Crippen molar-refractivity contribution in [2.75, 3.05) is 45.3 Å². The Kier molecular flexibility index (Phi) is 6.32. The first-order chi connectivity index (χ1) is 9.68. The van der Waals surface area contributed by atoms with Crippen LogP contribution in [0.15, 0.2) is 24.3 Å². The molecule has 118 valence electrons. The van der Waals surface area contributed by atoms with Gasteiger partial charge in [0.15, 0.2) is 0 Å². The largest absolute Gasteiger partial charge is 0.325 e. The number of sulfonamides is 1. The van der Waals surface area contributed by atoms with Gasteiger partial charge in [0.2, 0.25) is 15.9 Å². The summed E-state index contributed by atoms with van der Waals surface area (Å²) in [5.41, 5.74) is 1.75. The summed E-state index contributed by atoms with van der Waals surface area (Å²) in [6.45, 7) is 2.62. The highest BCUT2D eigenvalue weighted by Crippen LogP contribution is 2.09. The minimum absolute atomic E-state index is 0.180. The molecule has 0 aliphatic rings. The van der Waals surface area contributed by atoms with E-state index in [-0.39, 0.29) is 19.0 Å². The summed E-state index contributed by atoms with van der Waals surface area (Å²) in [6, 6.07) is 7.35. The molecule has 0 aliphatic heterocycles. The van der Waals surface area contributed by atoms with Gasteiger partial charge in [-0.25, -0.2) is 8.42 Å². The number of anilines is 1. The molecule has 0 unspecified atom stereocenters. The summed E-state index contributed by atoms with van der Waals surface area (Å²) in [7, 11) is 0.299. The second-order valence-corrected chi connectivity index (χ2v) is 7.30. The monoisotopic (exact) mass is 313 g/mol. The summed E-state index contributed by atoms with van der Waals surface area (Å²) < 4.78 is 24.6. The molecule has 6 nitrogen and oxygen atoms in total. The maximum absolute atomic E-state index is 12.0. The number of amides is 1. The number of aryl methyl sites for hydroxylation is 1. The zero-order chi connectivity index (χ0) is 16.0. The fraction of sp³-hybridized carbons (Fsp3) is 0.500. The number of benzene rings is 1. The third kappa shape index (κ3) is 6.70. The van der Waals surface area contributed by atoms with Crippen molar-refractivity contribution in [1.82, 2.24) is 9.21 Å². The number of hydrogen-bond donors (Lipinski definition) is 1. The molecule has 0 atom stereocenters. The number of nitrogens with zero attached hydrogens (tertiary/aromatic N) is 2. The number of hydrogen-bond acceptors (Lipinski definition) is 4. The molecule has 0 saturated heterocycles. The average molecular weight is 313 g/mol. The van der Waals surface area contributed by atoms with Crippen LogP contribution >= 0.6 is 0 Å². The third-order valence-corrected chi connectivity index (χ3v) is 4.17. The van der Waals surface area contributed by atoms with Crippen molar-refractivity contribution in [3.8, 4) is 0 Å². The van der Waals surface area contributed by atoms with Crippen LogP contribution in [0.25, 0.3) is 0 Å². The molecule has 0 fully saturated rings. The Morgan fingerprint density at radius 1 is 1.14 bits per heavy atom. The maximum atomic E-state index is 12.0. The Morgan fingerprint density at radius 2 is 1.71 bits per heavy atom. The van der Waals surface area contributed by atoms with E-state index < -0.39 is 10.0 Å². The summed E-state index contributed by atoms with van der Waals surface area (Å²) in [4.78, 5) is 13.8. The summed E-state index contributed by atoms with van der Waals surface area (Å²) in [5.74, 6) is -0.344. The van der Waals surface area contributed by atoms with Gasteiger partial charge in [-0.3, -0.25) is 4.79 Å². The van der Waals surface area contributed by atoms with Gasteiger partial charge in [0, 0.05) is 18.8 Å². The van der Waals surface area contributed by atoms with Crippen LogP contribution < -0.4 is 5.32 Å². The van der Waals surface area contributed by atoms with Crippen LogP contribution in [-0.2, 0) is 14.8 Å². The van der Waals surface area contributed by atoms with Gasteiger partial charge in [-0.15, -0.1) is 0 Å². The molecule has 0 radical (unpaired) electrons. The van der Waals surface area contributed by atoms with Gasteiger partial charge in [0.25, 0.3) is 0 Å². The molecule has 7 heteroatoms. The zero-order valence-corrected chi connectivity index (χ0v) is 13.8. The fourth-order valence-electron chi connectivity index (χ4n) is 1.67. The average Bonchev–Trinajstić information content (AvgIpc) is 2.35. The minimum Gasteiger partial charge on any atom is -0.325 e. The number of carbonyl (C=O) groups is 1. The predicted molar refractivity (Wildman–Crippen MR) is 84.8 cm³/mol. The first-order valence-electron chi connectivity index (χ1n) is 6.65. The first kappa shape index (κ1) is 17.6. The van der Waals surface area contributed by atoms with Gasteiger partial charge < -0.3 is 10.2 Å². The van der Waals surface area contributed by atoms with Crippen molar-refractivity contribution >= 4 is 21.6 Å². The second kappa shape index (κ2) is 7.53. The van der Waals surface area contributed by atoms with Crippen LogP contribution in [0.4, 0.5) is 5.69 Å². The van der Waals surface area contributed by atoms with E-state index in [9.17, 15) is 13.2 Å². The first-order valence-corrected chi connectivity index (χ1v) is 8.49. The van der Waals surface area contributed by atoms with Crippen LogP contribution in [-0.4, -0.2) is 63.5 Å². The highest BCUT2D eigenvalue weighted by Gasteiger charge is 2.20. The Labute approximate surface area is 126 Å². The fourth-order valence-corrected chi connectivity index (χ4v) is 2.44. The van der Waals surface area contributed by atoms with Gasteiger partial charge >= 0.3 is 0 Å². The number of carbonyl (C=O) groups excluding carboxylic acids is 1. The van der Waals surface area contributed by atoms with Gasteiger partial charge in [0.05, 0.1) is 12.8 Å². The lowest BCUT2D eigenvalue weighted by atomic mass is 10.2. The lowest BCUT2D eigenvalue weighted by Crippen LogP contribution is -2.41. The highest BCUT2D eigenvalue weighted by molar-refractivity contribution is 7.88. The number of likely N-dealkylation sites (N-methyl/N-ethyl adjacent to an activating group) is 1. The van der Waals surface area contributed by atoms with Crippen molar-refractivity contribution in [3.05, 3.63) is 29.8 Å². The lowest BCUT2D eigenvalue weighted by molar-refractivity contribution is -0.116. The third-order valence-electron chi connectivity index (χ3n) is 2.92. The quantitative estimate of drug-likeness (QED) is 0.807.